The predicted octanol–water partition coefficient (Wildman–Crippen LogP) is 3.65. The normalized spacial score (nSPS) is 13.7. The summed E-state index contributed by atoms with van der Waals surface area (Å²) in [5.74, 6) is 0.341. The van der Waals surface area contributed by atoms with Crippen molar-refractivity contribution >= 4 is 23.6 Å². The van der Waals surface area contributed by atoms with Gasteiger partial charge in [0.25, 0.3) is 5.91 Å². The fraction of sp³-hybridized carbons (Fsp3) is 0.273. The average molecular weight is 364 g/mol. The Hall–Kier alpha value is -3.08. The molecule has 0 aliphatic carbocycles. The number of amides is 2. The van der Waals surface area contributed by atoms with Crippen LogP contribution in [-0.4, -0.2) is 36.4 Å². The van der Waals surface area contributed by atoms with E-state index < -0.39 is 0 Å². The number of nitrogens with one attached hydrogen (secondary N) is 1. The molecule has 0 saturated carbocycles. The molecule has 5 nitrogen and oxygen atoms in total. The molecule has 1 saturated heterocycles. The number of benzene rings is 2. The first-order valence-corrected chi connectivity index (χ1v) is 9.16. The van der Waals surface area contributed by atoms with Crippen LogP contribution in [0.4, 0.5) is 5.69 Å². The van der Waals surface area contributed by atoms with Crippen LogP contribution in [-0.2, 0) is 9.59 Å². The molecule has 2 aromatic carbocycles. The number of nitrogens with zero attached hydrogens (tertiary/aromatic N) is 1. The fourth-order valence-electron chi connectivity index (χ4n) is 3.00. The molecular formula is C22H24N2O3. The molecule has 0 spiro atoms. The van der Waals surface area contributed by atoms with Crippen molar-refractivity contribution in [3.05, 3.63) is 65.7 Å². The van der Waals surface area contributed by atoms with E-state index in [1.165, 1.54) is 6.08 Å². The Morgan fingerprint density at radius 1 is 1.11 bits per heavy atom. The van der Waals surface area contributed by atoms with E-state index >= 15 is 0 Å². The van der Waals surface area contributed by atoms with E-state index in [9.17, 15) is 9.59 Å². The van der Waals surface area contributed by atoms with E-state index in [1.807, 2.05) is 36.1 Å². The van der Waals surface area contributed by atoms with Crippen molar-refractivity contribution in [2.24, 2.45) is 0 Å². The quantitative estimate of drug-likeness (QED) is 0.796. The molecule has 1 fully saturated rings. The van der Waals surface area contributed by atoms with Crippen LogP contribution in [0.1, 0.15) is 24.0 Å². The van der Waals surface area contributed by atoms with Gasteiger partial charge in [0.05, 0.1) is 0 Å². The molecule has 2 amide bonds. The summed E-state index contributed by atoms with van der Waals surface area (Å²) in [6.07, 6.45) is 5.39. The molecule has 1 aliphatic heterocycles. The Morgan fingerprint density at radius 3 is 2.67 bits per heavy atom. The summed E-state index contributed by atoms with van der Waals surface area (Å²) < 4.78 is 5.58. The maximum Gasteiger partial charge on any atom is 0.260 e. The summed E-state index contributed by atoms with van der Waals surface area (Å²) >= 11 is 0. The number of hydrogen-bond acceptors (Lipinski definition) is 3. The summed E-state index contributed by atoms with van der Waals surface area (Å²) in [7, 11) is 0. The van der Waals surface area contributed by atoms with Crippen LogP contribution in [0.3, 0.4) is 0 Å². The van der Waals surface area contributed by atoms with Gasteiger partial charge < -0.3 is 15.0 Å². The molecule has 27 heavy (non-hydrogen) atoms. The van der Waals surface area contributed by atoms with Crippen molar-refractivity contribution < 1.29 is 14.3 Å². The van der Waals surface area contributed by atoms with Crippen molar-refractivity contribution in [3.8, 4) is 5.75 Å². The minimum atomic E-state index is -0.221. The molecular weight excluding hydrogens is 340 g/mol. The molecule has 3 rings (SSSR count). The van der Waals surface area contributed by atoms with Gasteiger partial charge in [-0.1, -0.05) is 35.9 Å². The first kappa shape index (κ1) is 18.7. The van der Waals surface area contributed by atoms with Gasteiger partial charge in [-0.25, -0.2) is 0 Å². The third-order valence-electron chi connectivity index (χ3n) is 4.39. The number of aryl methyl sites for hydroxylation is 1. The smallest absolute Gasteiger partial charge is 0.260 e. The Morgan fingerprint density at radius 2 is 1.89 bits per heavy atom. The highest BCUT2D eigenvalue weighted by Crippen LogP contribution is 2.18. The topological polar surface area (TPSA) is 58.6 Å². The number of hydrogen-bond donors (Lipinski definition) is 1. The van der Waals surface area contributed by atoms with Crippen LogP contribution in [0.2, 0.25) is 0 Å². The predicted molar refractivity (Wildman–Crippen MR) is 107 cm³/mol. The summed E-state index contributed by atoms with van der Waals surface area (Å²) in [6, 6.07) is 15.0. The molecule has 2 aromatic rings. The maximum absolute atomic E-state index is 12.1. The maximum atomic E-state index is 12.1. The fourth-order valence-corrected chi connectivity index (χ4v) is 3.00. The Labute approximate surface area is 159 Å². The highest BCUT2D eigenvalue weighted by molar-refractivity contribution is 6.02. The number of carbonyl (C=O) groups is 2. The molecule has 140 valence electrons. The van der Waals surface area contributed by atoms with Gasteiger partial charge in [0.15, 0.2) is 6.61 Å². The number of likely N-dealkylation sites (tertiary alicyclic amines) is 1. The van der Waals surface area contributed by atoms with Gasteiger partial charge in [-0.2, -0.15) is 0 Å². The SMILES string of the molecule is Cc1cccc(/C=C/C(=O)Nc2cccc(OCC(=O)N3CCCC3)c2)c1. The summed E-state index contributed by atoms with van der Waals surface area (Å²) in [6.45, 7) is 3.65. The zero-order valence-corrected chi connectivity index (χ0v) is 15.5. The monoisotopic (exact) mass is 364 g/mol. The molecule has 1 heterocycles. The van der Waals surface area contributed by atoms with Crippen LogP contribution in [0.5, 0.6) is 5.75 Å². The van der Waals surface area contributed by atoms with Crippen LogP contribution < -0.4 is 10.1 Å². The molecule has 0 aromatic heterocycles. The van der Waals surface area contributed by atoms with E-state index in [0.717, 1.165) is 37.1 Å². The Kier molecular flexibility index (Phi) is 6.26. The van der Waals surface area contributed by atoms with Crippen LogP contribution in [0.25, 0.3) is 6.08 Å². The molecule has 0 radical (unpaired) electrons. The lowest BCUT2D eigenvalue weighted by molar-refractivity contribution is -0.132. The zero-order valence-electron chi connectivity index (χ0n) is 15.5. The van der Waals surface area contributed by atoms with E-state index in [1.54, 1.807) is 30.3 Å². The largest absolute Gasteiger partial charge is 0.484 e. The van der Waals surface area contributed by atoms with Gasteiger partial charge in [-0.3, -0.25) is 9.59 Å². The van der Waals surface area contributed by atoms with Crippen molar-refractivity contribution in [2.75, 3.05) is 25.0 Å². The second-order valence-corrected chi connectivity index (χ2v) is 6.64. The summed E-state index contributed by atoms with van der Waals surface area (Å²) in [5.41, 5.74) is 2.74. The molecule has 0 unspecified atom stereocenters. The molecule has 1 N–H and O–H groups in total. The highest BCUT2D eigenvalue weighted by Gasteiger charge is 2.18. The Balaban J connectivity index is 1.53. The number of ether oxygens (including phenoxy) is 1. The van der Waals surface area contributed by atoms with Gasteiger partial charge in [0.2, 0.25) is 5.91 Å². The molecule has 1 aliphatic rings. The van der Waals surface area contributed by atoms with E-state index in [-0.39, 0.29) is 18.4 Å². The number of carbonyl (C=O) groups excluding carboxylic acids is 2. The first-order valence-electron chi connectivity index (χ1n) is 9.16. The molecule has 0 atom stereocenters. The minimum absolute atomic E-state index is 0.00280. The van der Waals surface area contributed by atoms with Crippen LogP contribution >= 0.6 is 0 Å². The van der Waals surface area contributed by atoms with Crippen molar-refractivity contribution in [1.29, 1.82) is 0 Å². The summed E-state index contributed by atoms with van der Waals surface area (Å²) in [4.78, 5) is 26.0. The van der Waals surface area contributed by atoms with Gasteiger partial charge >= 0.3 is 0 Å². The lowest BCUT2D eigenvalue weighted by Gasteiger charge is -2.15. The number of anilines is 1. The van der Waals surface area contributed by atoms with Crippen LogP contribution in [0.15, 0.2) is 54.6 Å². The lowest BCUT2D eigenvalue weighted by atomic mass is 10.1. The molecule has 5 heteroatoms. The van der Waals surface area contributed by atoms with Gasteiger partial charge in [-0.05, 0) is 43.5 Å². The minimum Gasteiger partial charge on any atom is -0.484 e. The first-order chi connectivity index (χ1) is 13.1. The van der Waals surface area contributed by atoms with Crippen molar-refractivity contribution in [3.63, 3.8) is 0 Å². The van der Waals surface area contributed by atoms with Crippen molar-refractivity contribution in [2.45, 2.75) is 19.8 Å². The van der Waals surface area contributed by atoms with Crippen molar-refractivity contribution in [1.82, 2.24) is 4.90 Å². The second kappa shape index (κ2) is 9.03. The van der Waals surface area contributed by atoms with Gasteiger partial charge in [-0.15, -0.1) is 0 Å². The van der Waals surface area contributed by atoms with E-state index in [0.29, 0.717) is 11.4 Å². The van der Waals surface area contributed by atoms with E-state index in [4.69, 9.17) is 4.74 Å². The van der Waals surface area contributed by atoms with E-state index in [2.05, 4.69) is 5.32 Å². The number of rotatable bonds is 6. The summed E-state index contributed by atoms with van der Waals surface area (Å²) in [5, 5.41) is 2.81. The Bertz CT molecular complexity index is 839. The molecule has 0 bridgehead atoms. The second-order valence-electron chi connectivity index (χ2n) is 6.64. The third kappa shape index (κ3) is 5.71. The third-order valence-corrected chi connectivity index (χ3v) is 4.39. The van der Waals surface area contributed by atoms with Crippen LogP contribution in [0, 0.1) is 6.92 Å². The van der Waals surface area contributed by atoms with Gasteiger partial charge in [0, 0.05) is 30.9 Å². The highest BCUT2D eigenvalue weighted by atomic mass is 16.5. The standard InChI is InChI=1S/C22H24N2O3/c1-17-6-4-7-18(14-17)10-11-21(25)23-19-8-5-9-20(15-19)27-16-22(26)24-12-2-3-13-24/h4-11,14-15H,2-3,12-13,16H2,1H3,(H,23,25)/b11-10+. The van der Waals surface area contributed by atoms with Gasteiger partial charge in [0.1, 0.15) is 5.75 Å². The lowest BCUT2D eigenvalue weighted by Crippen LogP contribution is -2.32. The average Bonchev–Trinajstić information content (AvgIpc) is 3.20. The zero-order chi connectivity index (χ0) is 19.1.